The van der Waals surface area contributed by atoms with E-state index in [1.54, 1.807) is 14.2 Å². The number of ether oxygens (including phenoxy) is 2. The summed E-state index contributed by atoms with van der Waals surface area (Å²) in [5.41, 5.74) is 0. The summed E-state index contributed by atoms with van der Waals surface area (Å²) in [4.78, 5) is 18.5. The van der Waals surface area contributed by atoms with Crippen LogP contribution in [0.1, 0.15) is 19.3 Å². The Morgan fingerprint density at radius 1 is 1.31 bits per heavy atom. The van der Waals surface area contributed by atoms with Crippen LogP contribution in [0.5, 0.6) is 0 Å². The number of rotatable bonds is 8. The second-order valence-electron chi connectivity index (χ2n) is 6.17. The first kappa shape index (κ1) is 22.5. The molecule has 0 unspecified atom stereocenters. The number of likely N-dealkylation sites (tertiary alicyclic amines) is 1. The van der Waals surface area contributed by atoms with Gasteiger partial charge in [-0.1, -0.05) is 0 Å². The van der Waals surface area contributed by atoms with Crippen LogP contribution < -0.4 is 5.32 Å². The lowest BCUT2D eigenvalue weighted by Gasteiger charge is -2.34. The number of hydrogen-bond acceptors (Lipinski definition) is 4. The van der Waals surface area contributed by atoms with E-state index in [9.17, 15) is 18.0 Å². The quantitative estimate of drug-likeness (QED) is 0.387. The molecule has 1 fully saturated rings. The number of alkyl halides is 3. The summed E-state index contributed by atoms with van der Waals surface area (Å²) in [6.45, 7) is 1.25. The van der Waals surface area contributed by atoms with E-state index >= 15 is 0 Å². The number of carbonyl (C=O) groups excluding carboxylic acids is 1. The third-order valence-corrected chi connectivity index (χ3v) is 4.04. The fourth-order valence-electron chi connectivity index (χ4n) is 2.67. The van der Waals surface area contributed by atoms with Gasteiger partial charge in [-0.15, -0.1) is 0 Å². The molecule has 152 valence electrons. The highest BCUT2D eigenvalue weighted by molar-refractivity contribution is 5.86. The van der Waals surface area contributed by atoms with E-state index in [1.807, 2.05) is 4.90 Å². The average molecular weight is 382 g/mol. The van der Waals surface area contributed by atoms with Gasteiger partial charge in [-0.25, -0.2) is 0 Å². The molecule has 0 bridgehead atoms. The van der Waals surface area contributed by atoms with E-state index in [1.165, 1.54) is 0 Å². The second kappa shape index (κ2) is 11.2. The van der Waals surface area contributed by atoms with Gasteiger partial charge in [0.25, 0.3) is 0 Å². The standard InChI is InChI=1S/C16H29F3N4O3/c1-20-15(21-11-14(24)22(2)12-16(17,18)19)23-7-5-13(6-8-23)26-10-4-9-25-3/h13H,4-12H2,1-3H3,(H,20,21). The van der Waals surface area contributed by atoms with Gasteiger partial charge in [0, 0.05) is 47.5 Å². The van der Waals surface area contributed by atoms with E-state index in [-0.39, 0.29) is 12.6 Å². The van der Waals surface area contributed by atoms with Crippen LogP contribution in [-0.4, -0.2) is 94.5 Å². The Kier molecular flexibility index (Phi) is 9.71. The molecule has 1 saturated heterocycles. The van der Waals surface area contributed by atoms with Crippen molar-refractivity contribution >= 4 is 11.9 Å². The molecule has 0 aromatic carbocycles. The van der Waals surface area contributed by atoms with Crippen LogP contribution >= 0.6 is 0 Å². The highest BCUT2D eigenvalue weighted by atomic mass is 19.4. The van der Waals surface area contributed by atoms with Gasteiger partial charge in [0.05, 0.1) is 12.6 Å². The third-order valence-electron chi connectivity index (χ3n) is 4.04. The van der Waals surface area contributed by atoms with Crippen LogP contribution in [0.2, 0.25) is 0 Å². The van der Waals surface area contributed by atoms with Crippen molar-refractivity contribution in [1.29, 1.82) is 0 Å². The van der Waals surface area contributed by atoms with Crippen molar-refractivity contribution in [2.24, 2.45) is 4.99 Å². The van der Waals surface area contributed by atoms with Crippen molar-refractivity contribution in [3.05, 3.63) is 0 Å². The topological polar surface area (TPSA) is 66.4 Å². The number of nitrogens with zero attached hydrogens (tertiary/aromatic N) is 3. The summed E-state index contributed by atoms with van der Waals surface area (Å²) in [5.74, 6) is -0.128. The lowest BCUT2D eigenvalue weighted by molar-refractivity contribution is -0.157. The van der Waals surface area contributed by atoms with Crippen LogP contribution in [0.25, 0.3) is 0 Å². The second-order valence-corrected chi connectivity index (χ2v) is 6.17. The number of nitrogens with one attached hydrogen (secondary N) is 1. The first-order chi connectivity index (χ1) is 12.3. The van der Waals surface area contributed by atoms with Gasteiger partial charge in [-0.3, -0.25) is 9.79 Å². The Morgan fingerprint density at radius 2 is 1.96 bits per heavy atom. The number of amides is 1. The lowest BCUT2D eigenvalue weighted by atomic mass is 10.1. The molecular weight excluding hydrogens is 353 g/mol. The summed E-state index contributed by atoms with van der Waals surface area (Å²) >= 11 is 0. The molecule has 10 heteroatoms. The predicted molar refractivity (Wildman–Crippen MR) is 92.1 cm³/mol. The molecule has 1 N–H and O–H groups in total. The fraction of sp³-hybridized carbons (Fsp3) is 0.875. The number of piperidine rings is 1. The van der Waals surface area contributed by atoms with Crippen molar-refractivity contribution in [1.82, 2.24) is 15.1 Å². The van der Waals surface area contributed by atoms with Crippen molar-refractivity contribution in [2.45, 2.75) is 31.5 Å². The van der Waals surface area contributed by atoms with Crippen molar-refractivity contribution in [3.63, 3.8) is 0 Å². The SMILES string of the molecule is CN=C(NCC(=O)N(C)CC(F)(F)F)N1CCC(OCCCOC)CC1. The van der Waals surface area contributed by atoms with Crippen molar-refractivity contribution in [3.8, 4) is 0 Å². The first-order valence-electron chi connectivity index (χ1n) is 8.63. The Balaban J connectivity index is 2.34. The van der Waals surface area contributed by atoms with Gasteiger partial charge in [0.2, 0.25) is 5.91 Å². The average Bonchev–Trinajstić information content (AvgIpc) is 2.58. The predicted octanol–water partition coefficient (Wildman–Crippen LogP) is 1.10. The molecule has 0 spiro atoms. The zero-order valence-corrected chi connectivity index (χ0v) is 15.6. The van der Waals surface area contributed by atoms with Crippen molar-refractivity contribution < 1.29 is 27.4 Å². The molecule has 0 aromatic rings. The van der Waals surface area contributed by atoms with Crippen molar-refractivity contribution in [2.75, 3.05) is 60.6 Å². The number of guanidine groups is 1. The summed E-state index contributed by atoms with van der Waals surface area (Å²) in [6, 6.07) is 0. The summed E-state index contributed by atoms with van der Waals surface area (Å²) in [7, 11) is 4.37. The van der Waals surface area contributed by atoms with Crippen LogP contribution in [0.15, 0.2) is 4.99 Å². The third kappa shape index (κ3) is 8.70. The zero-order valence-electron chi connectivity index (χ0n) is 15.6. The molecule has 1 aliphatic rings. The lowest BCUT2D eigenvalue weighted by Crippen LogP contribution is -2.50. The molecule has 0 radical (unpaired) electrons. The Morgan fingerprint density at radius 3 is 2.50 bits per heavy atom. The summed E-state index contributed by atoms with van der Waals surface area (Å²) in [5, 5.41) is 2.84. The molecule has 0 aromatic heterocycles. The number of halogens is 3. The molecule has 26 heavy (non-hydrogen) atoms. The smallest absolute Gasteiger partial charge is 0.385 e. The van der Waals surface area contributed by atoms with Gasteiger partial charge in [-0.05, 0) is 19.3 Å². The fourth-order valence-corrected chi connectivity index (χ4v) is 2.67. The van der Waals surface area contributed by atoms with Gasteiger partial charge in [-0.2, -0.15) is 13.2 Å². The maximum Gasteiger partial charge on any atom is 0.406 e. The molecular formula is C16H29F3N4O3. The largest absolute Gasteiger partial charge is 0.406 e. The van der Waals surface area contributed by atoms with E-state index < -0.39 is 18.6 Å². The van der Waals surface area contributed by atoms with Crippen LogP contribution in [0.4, 0.5) is 13.2 Å². The molecule has 1 aliphatic heterocycles. The minimum atomic E-state index is -4.41. The summed E-state index contributed by atoms with van der Waals surface area (Å²) < 4.78 is 47.7. The normalized spacial score (nSPS) is 16.7. The maximum atomic E-state index is 12.3. The van der Waals surface area contributed by atoms with Gasteiger partial charge >= 0.3 is 6.18 Å². The number of methoxy groups -OCH3 is 1. The van der Waals surface area contributed by atoms with E-state index in [0.29, 0.717) is 37.2 Å². The van der Waals surface area contributed by atoms with Gasteiger partial charge in [0.1, 0.15) is 6.54 Å². The molecule has 1 amide bonds. The first-order valence-corrected chi connectivity index (χ1v) is 8.63. The monoisotopic (exact) mass is 382 g/mol. The van der Waals surface area contributed by atoms with E-state index in [2.05, 4.69) is 10.3 Å². The zero-order chi connectivity index (χ0) is 19.6. The summed E-state index contributed by atoms with van der Waals surface area (Å²) in [6.07, 6.45) is -1.71. The number of carbonyl (C=O) groups is 1. The molecule has 0 atom stereocenters. The molecule has 0 saturated carbocycles. The highest BCUT2D eigenvalue weighted by Crippen LogP contribution is 2.16. The molecule has 0 aliphatic carbocycles. The number of aliphatic imine (C=N–C) groups is 1. The van der Waals surface area contributed by atoms with Crippen LogP contribution in [-0.2, 0) is 14.3 Å². The minimum Gasteiger partial charge on any atom is -0.385 e. The molecule has 1 heterocycles. The number of hydrogen-bond donors (Lipinski definition) is 1. The van der Waals surface area contributed by atoms with Gasteiger partial charge < -0.3 is 24.6 Å². The minimum absolute atomic E-state index is 0.181. The maximum absolute atomic E-state index is 12.3. The Labute approximate surface area is 152 Å². The number of likely N-dealkylation sites (N-methyl/N-ethyl adjacent to an activating group) is 1. The van der Waals surface area contributed by atoms with Crippen LogP contribution in [0, 0.1) is 0 Å². The molecule has 1 rings (SSSR count). The van der Waals surface area contributed by atoms with Gasteiger partial charge in [0.15, 0.2) is 5.96 Å². The molecule has 7 nitrogen and oxygen atoms in total. The van der Waals surface area contributed by atoms with E-state index in [0.717, 1.165) is 26.3 Å². The van der Waals surface area contributed by atoms with Crippen LogP contribution in [0.3, 0.4) is 0 Å². The Bertz CT molecular complexity index is 453. The highest BCUT2D eigenvalue weighted by Gasteiger charge is 2.31. The van der Waals surface area contributed by atoms with E-state index in [4.69, 9.17) is 9.47 Å². The Hall–Kier alpha value is -1.55.